The van der Waals surface area contributed by atoms with Crippen molar-refractivity contribution in [3.05, 3.63) is 0 Å². The summed E-state index contributed by atoms with van der Waals surface area (Å²) in [6.45, 7) is 7.20. The number of unbranched alkanes of at least 4 members (excludes halogenated alkanes) is 1. The van der Waals surface area contributed by atoms with Crippen LogP contribution in [-0.4, -0.2) is 18.5 Å². The van der Waals surface area contributed by atoms with Gasteiger partial charge in [-0.25, -0.2) is 0 Å². The first-order valence-electron chi connectivity index (χ1n) is 7.12. The molecule has 0 bridgehead atoms. The molecule has 0 aromatic heterocycles. The number of carbonyl (C=O) groups excluding carboxylic acids is 1. The van der Waals surface area contributed by atoms with Crippen LogP contribution in [0.25, 0.3) is 0 Å². The first-order valence-corrected chi connectivity index (χ1v) is 7.12. The average molecular weight is 279 g/mol. The molecular formula is C14H31ClN2O. The zero-order valence-corrected chi connectivity index (χ0v) is 13.0. The predicted molar refractivity (Wildman–Crippen MR) is 81.1 cm³/mol. The van der Waals surface area contributed by atoms with Crippen molar-refractivity contribution < 1.29 is 4.79 Å². The minimum atomic E-state index is 0. The molecule has 0 fully saturated rings. The van der Waals surface area contributed by atoms with E-state index in [2.05, 4.69) is 19.2 Å². The number of nitrogens with two attached hydrogens (primary N) is 1. The molecule has 3 nitrogen and oxygen atoms in total. The third kappa shape index (κ3) is 12.2. The first kappa shape index (κ1) is 20.0. The molecule has 110 valence electrons. The van der Waals surface area contributed by atoms with Crippen LogP contribution in [0, 0.1) is 5.92 Å². The van der Waals surface area contributed by atoms with Crippen molar-refractivity contribution in [2.45, 2.75) is 71.8 Å². The van der Waals surface area contributed by atoms with Gasteiger partial charge >= 0.3 is 0 Å². The zero-order chi connectivity index (χ0) is 13.1. The number of hydrogen-bond donors (Lipinski definition) is 2. The Bertz CT molecular complexity index is 198. The van der Waals surface area contributed by atoms with Crippen molar-refractivity contribution in [2.24, 2.45) is 11.7 Å². The third-order valence-electron chi connectivity index (χ3n) is 3.08. The maximum atomic E-state index is 11.6. The Kier molecular flexibility index (Phi) is 14.7. The van der Waals surface area contributed by atoms with Crippen LogP contribution in [0.15, 0.2) is 0 Å². The van der Waals surface area contributed by atoms with Gasteiger partial charge in [0.1, 0.15) is 0 Å². The van der Waals surface area contributed by atoms with Gasteiger partial charge in [0.25, 0.3) is 0 Å². The number of halogens is 1. The monoisotopic (exact) mass is 278 g/mol. The van der Waals surface area contributed by atoms with Gasteiger partial charge in [0.05, 0.1) is 0 Å². The van der Waals surface area contributed by atoms with Crippen LogP contribution < -0.4 is 11.1 Å². The van der Waals surface area contributed by atoms with E-state index in [0.29, 0.717) is 12.3 Å². The topological polar surface area (TPSA) is 55.1 Å². The molecule has 0 heterocycles. The third-order valence-corrected chi connectivity index (χ3v) is 3.08. The van der Waals surface area contributed by atoms with Gasteiger partial charge in [-0.3, -0.25) is 4.79 Å². The summed E-state index contributed by atoms with van der Waals surface area (Å²) < 4.78 is 0. The van der Waals surface area contributed by atoms with Crippen molar-refractivity contribution in [2.75, 3.05) is 6.54 Å². The fourth-order valence-corrected chi connectivity index (χ4v) is 1.95. The summed E-state index contributed by atoms with van der Waals surface area (Å²) in [7, 11) is 0. The standard InChI is InChI=1S/C14H30N2O.ClH/c1-4-6-8-13(7-5-2)11-16-14(17)10-9-12(3)15;/h12-13H,4-11,15H2,1-3H3,(H,16,17);1H. The van der Waals surface area contributed by atoms with Crippen LogP contribution in [0.1, 0.15) is 65.7 Å². The fourth-order valence-electron chi connectivity index (χ4n) is 1.95. The molecule has 0 aliphatic carbocycles. The summed E-state index contributed by atoms with van der Waals surface area (Å²) in [6, 6.07) is 0.118. The minimum absolute atomic E-state index is 0. The van der Waals surface area contributed by atoms with Crippen LogP contribution in [0.4, 0.5) is 0 Å². The first-order chi connectivity index (χ1) is 8.10. The molecule has 0 aromatic rings. The second-order valence-corrected chi connectivity index (χ2v) is 5.12. The van der Waals surface area contributed by atoms with Gasteiger partial charge in [0.15, 0.2) is 0 Å². The maximum Gasteiger partial charge on any atom is 0.220 e. The van der Waals surface area contributed by atoms with E-state index < -0.39 is 0 Å². The molecule has 0 spiro atoms. The quantitative estimate of drug-likeness (QED) is 0.644. The molecule has 2 unspecified atom stereocenters. The highest BCUT2D eigenvalue weighted by molar-refractivity contribution is 5.85. The Morgan fingerprint density at radius 3 is 2.33 bits per heavy atom. The smallest absolute Gasteiger partial charge is 0.220 e. The van der Waals surface area contributed by atoms with Gasteiger partial charge in [-0.1, -0.05) is 33.1 Å². The number of rotatable bonds is 10. The zero-order valence-electron chi connectivity index (χ0n) is 12.2. The Balaban J connectivity index is 0. The Morgan fingerprint density at radius 2 is 1.83 bits per heavy atom. The van der Waals surface area contributed by atoms with Gasteiger partial charge < -0.3 is 11.1 Å². The van der Waals surface area contributed by atoms with Crippen molar-refractivity contribution in [3.8, 4) is 0 Å². The summed E-state index contributed by atoms with van der Waals surface area (Å²) in [5.41, 5.74) is 5.63. The summed E-state index contributed by atoms with van der Waals surface area (Å²) in [4.78, 5) is 11.6. The van der Waals surface area contributed by atoms with E-state index in [4.69, 9.17) is 5.73 Å². The molecule has 0 saturated heterocycles. The van der Waals surface area contributed by atoms with Gasteiger partial charge in [0, 0.05) is 19.0 Å². The molecule has 0 aliphatic rings. The van der Waals surface area contributed by atoms with Gasteiger partial charge in [-0.2, -0.15) is 0 Å². The van der Waals surface area contributed by atoms with Crippen molar-refractivity contribution in [1.82, 2.24) is 5.32 Å². The number of amides is 1. The lowest BCUT2D eigenvalue weighted by atomic mass is 9.97. The van der Waals surface area contributed by atoms with Gasteiger partial charge in [-0.05, 0) is 32.1 Å². The number of hydrogen-bond acceptors (Lipinski definition) is 2. The van der Waals surface area contributed by atoms with Gasteiger partial charge in [-0.15, -0.1) is 12.4 Å². The highest BCUT2D eigenvalue weighted by Gasteiger charge is 2.09. The predicted octanol–water partition coefficient (Wildman–Crippen LogP) is 3.26. The van der Waals surface area contributed by atoms with Crippen LogP contribution in [0.2, 0.25) is 0 Å². The second kappa shape index (κ2) is 13.2. The van der Waals surface area contributed by atoms with Crippen LogP contribution >= 0.6 is 12.4 Å². The SMILES string of the molecule is CCCCC(CCC)CNC(=O)CCC(C)N.Cl. The minimum Gasteiger partial charge on any atom is -0.356 e. The largest absolute Gasteiger partial charge is 0.356 e. The number of nitrogens with one attached hydrogen (secondary N) is 1. The highest BCUT2D eigenvalue weighted by Crippen LogP contribution is 2.13. The van der Waals surface area contributed by atoms with Crippen molar-refractivity contribution in [1.29, 1.82) is 0 Å². The highest BCUT2D eigenvalue weighted by atomic mass is 35.5. The van der Waals surface area contributed by atoms with Crippen LogP contribution in [0.3, 0.4) is 0 Å². The molecule has 0 radical (unpaired) electrons. The van der Waals surface area contributed by atoms with E-state index >= 15 is 0 Å². The Labute approximate surface area is 119 Å². The molecule has 0 saturated carbocycles. The lowest BCUT2D eigenvalue weighted by Crippen LogP contribution is -2.30. The van der Waals surface area contributed by atoms with Crippen LogP contribution in [0.5, 0.6) is 0 Å². The molecule has 2 atom stereocenters. The fraction of sp³-hybridized carbons (Fsp3) is 0.929. The van der Waals surface area contributed by atoms with E-state index in [0.717, 1.165) is 13.0 Å². The average Bonchev–Trinajstić information content (AvgIpc) is 2.30. The summed E-state index contributed by atoms with van der Waals surface area (Å²) >= 11 is 0. The summed E-state index contributed by atoms with van der Waals surface area (Å²) in [5, 5.41) is 3.04. The molecule has 18 heavy (non-hydrogen) atoms. The van der Waals surface area contributed by atoms with E-state index in [-0.39, 0.29) is 24.4 Å². The van der Waals surface area contributed by atoms with Gasteiger partial charge in [0.2, 0.25) is 5.91 Å². The molecule has 0 aliphatic heterocycles. The van der Waals surface area contributed by atoms with E-state index in [1.165, 1.54) is 32.1 Å². The molecular weight excluding hydrogens is 248 g/mol. The van der Waals surface area contributed by atoms with E-state index in [9.17, 15) is 4.79 Å². The summed E-state index contributed by atoms with van der Waals surface area (Å²) in [5.74, 6) is 0.805. The lowest BCUT2D eigenvalue weighted by Gasteiger charge is -2.16. The lowest BCUT2D eigenvalue weighted by molar-refractivity contribution is -0.121. The Hall–Kier alpha value is -0.280. The van der Waals surface area contributed by atoms with E-state index in [1.807, 2.05) is 6.92 Å². The Morgan fingerprint density at radius 1 is 1.17 bits per heavy atom. The maximum absolute atomic E-state index is 11.6. The molecule has 1 amide bonds. The van der Waals surface area contributed by atoms with Crippen molar-refractivity contribution in [3.63, 3.8) is 0 Å². The van der Waals surface area contributed by atoms with E-state index in [1.54, 1.807) is 0 Å². The summed E-state index contributed by atoms with van der Waals surface area (Å²) in [6.07, 6.45) is 7.48. The molecule has 0 aromatic carbocycles. The van der Waals surface area contributed by atoms with Crippen LogP contribution in [-0.2, 0) is 4.79 Å². The molecule has 0 rings (SSSR count). The second-order valence-electron chi connectivity index (χ2n) is 5.12. The normalized spacial score (nSPS) is 13.6. The molecule has 4 heteroatoms. The molecule has 3 N–H and O–H groups in total. The number of carbonyl (C=O) groups is 1. The van der Waals surface area contributed by atoms with Crippen molar-refractivity contribution >= 4 is 18.3 Å².